The van der Waals surface area contributed by atoms with Crippen molar-refractivity contribution in [1.82, 2.24) is 24.1 Å². The molecule has 0 N–H and O–H groups in total. The van der Waals surface area contributed by atoms with Crippen molar-refractivity contribution >= 4 is 33.2 Å². The molecule has 0 unspecified atom stereocenters. The van der Waals surface area contributed by atoms with Crippen molar-refractivity contribution in [2.24, 2.45) is 0 Å². The lowest BCUT2D eigenvalue weighted by Gasteiger charge is -2.23. The molecule has 0 spiro atoms. The van der Waals surface area contributed by atoms with Crippen LogP contribution >= 0.6 is 0 Å². The number of benzene rings is 2. The average Bonchev–Trinajstić information content (AvgIpc) is 3.12. The Morgan fingerprint density at radius 3 is 2.45 bits per heavy atom. The van der Waals surface area contributed by atoms with Gasteiger partial charge in [0.05, 0.1) is 11.0 Å². The van der Waals surface area contributed by atoms with E-state index >= 15 is 0 Å². The monoisotopic (exact) mass is 409 g/mol. The first-order valence-corrected chi connectivity index (χ1v) is 11.0. The van der Waals surface area contributed by atoms with Gasteiger partial charge in [0.15, 0.2) is 11.3 Å². The second kappa shape index (κ2) is 7.01. The van der Waals surface area contributed by atoms with E-state index in [1.54, 1.807) is 6.33 Å². The van der Waals surface area contributed by atoms with E-state index in [2.05, 4.69) is 19.1 Å². The molecule has 5 aromatic rings. The zero-order valence-corrected chi connectivity index (χ0v) is 17.5. The average molecular weight is 409 g/mol. The van der Waals surface area contributed by atoms with Gasteiger partial charge in [-0.3, -0.25) is 13.9 Å². The highest BCUT2D eigenvalue weighted by molar-refractivity contribution is 6.05. The van der Waals surface area contributed by atoms with E-state index in [1.165, 1.54) is 6.42 Å². The molecule has 3 heterocycles. The molecule has 3 aromatic heterocycles. The summed E-state index contributed by atoms with van der Waals surface area (Å²) >= 11 is 0. The van der Waals surface area contributed by atoms with Crippen molar-refractivity contribution in [2.75, 3.05) is 0 Å². The van der Waals surface area contributed by atoms with Gasteiger partial charge in [0.2, 0.25) is 0 Å². The van der Waals surface area contributed by atoms with E-state index in [0.717, 1.165) is 48.0 Å². The topological polar surface area (TPSA) is 65.6 Å². The summed E-state index contributed by atoms with van der Waals surface area (Å²) in [6, 6.07) is 16.2. The maximum absolute atomic E-state index is 13.7. The maximum atomic E-state index is 13.7. The largest absolute Gasteiger partial charge is 0.295 e. The Kier molecular flexibility index (Phi) is 4.13. The van der Waals surface area contributed by atoms with Gasteiger partial charge in [-0.1, -0.05) is 43.5 Å². The fourth-order valence-electron chi connectivity index (χ4n) is 4.88. The summed E-state index contributed by atoms with van der Waals surface area (Å²) in [5, 5.41) is 0.558. The number of aryl methyl sites for hydroxylation is 1. The minimum atomic E-state index is -0.0158. The fourth-order valence-corrected chi connectivity index (χ4v) is 4.88. The second-order valence-electron chi connectivity index (χ2n) is 8.51. The van der Waals surface area contributed by atoms with Gasteiger partial charge in [-0.25, -0.2) is 15.0 Å². The lowest BCUT2D eigenvalue weighted by molar-refractivity contribution is 0.345. The molecule has 0 saturated heterocycles. The summed E-state index contributed by atoms with van der Waals surface area (Å²) in [4.78, 5) is 28.3. The van der Waals surface area contributed by atoms with Gasteiger partial charge in [0.1, 0.15) is 17.2 Å². The molecule has 1 saturated carbocycles. The standard InChI is InChI=1S/C25H23N5O/c1-16-8-7-11-18(14-16)30-23-21(22-24(30)28-20-13-6-5-12-19(20)27-22)25(31)29(15-26-23)17-9-3-2-4-10-17/h5-8,11-15,17H,2-4,9-10H2,1H3. The van der Waals surface area contributed by atoms with E-state index in [9.17, 15) is 4.79 Å². The van der Waals surface area contributed by atoms with Gasteiger partial charge in [0.25, 0.3) is 5.56 Å². The maximum Gasteiger partial charge on any atom is 0.265 e. The molecule has 0 atom stereocenters. The highest BCUT2D eigenvalue weighted by Gasteiger charge is 2.23. The number of aromatic nitrogens is 5. The fraction of sp³-hybridized carbons (Fsp3) is 0.280. The zero-order chi connectivity index (χ0) is 20.9. The summed E-state index contributed by atoms with van der Waals surface area (Å²) in [6.07, 6.45) is 7.34. The highest BCUT2D eigenvalue weighted by Crippen LogP contribution is 2.31. The smallest absolute Gasteiger partial charge is 0.265 e. The van der Waals surface area contributed by atoms with Crippen LogP contribution < -0.4 is 5.56 Å². The van der Waals surface area contributed by atoms with Crippen LogP contribution in [0.25, 0.3) is 38.9 Å². The van der Waals surface area contributed by atoms with Crippen LogP contribution in [0.1, 0.15) is 43.7 Å². The number of hydrogen-bond acceptors (Lipinski definition) is 4. The van der Waals surface area contributed by atoms with Gasteiger partial charge >= 0.3 is 0 Å². The molecule has 2 aromatic carbocycles. The van der Waals surface area contributed by atoms with Crippen molar-refractivity contribution in [3.8, 4) is 5.69 Å². The molecule has 6 rings (SSSR count). The second-order valence-corrected chi connectivity index (χ2v) is 8.51. The lowest BCUT2D eigenvalue weighted by Crippen LogP contribution is -2.26. The SMILES string of the molecule is Cc1cccc(-n2c3nc4ccccc4nc3c3c(=O)n(C4CCCCC4)cnc32)c1. The Bertz CT molecular complexity index is 1510. The Labute approximate surface area is 179 Å². The number of rotatable bonds is 2. The van der Waals surface area contributed by atoms with Crippen LogP contribution in [0, 0.1) is 6.92 Å². The van der Waals surface area contributed by atoms with Crippen LogP contribution in [-0.2, 0) is 0 Å². The van der Waals surface area contributed by atoms with Crippen molar-refractivity contribution < 1.29 is 0 Å². The molecule has 0 bridgehead atoms. The number of fused-ring (bicyclic) bond motifs is 4. The summed E-state index contributed by atoms with van der Waals surface area (Å²) in [5.41, 5.74) is 5.56. The van der Waals surface area contributed by atoms with Crippen LogP contribution in [0.2, 0.25) is 0 Å². The number of nitrogens with zero attached hydrogens (tertiary/aromatic N) is 5. The van der Waals surface area contributed by atoms with E-state index in [1.807, 2.05) is 45.5 Å². The molecule has 1 aliphatic rings. The Balaban J connectivity index is 1.74. The normalized spacial score (nSPS) is 15.3. The van der Waals surface area contributed by atoms with Crippen LogP contribution in [0.3, 0.4) is 0 Å². The molecule has 0 aliphatic heterocycles. The first kappa shape index (κ1) is 18.2. The predicted molar refractivity (Wildman–Crippen MR) is 123 cm³/mol. The van der Waals surface area contributed by atoms with Crippen molar-refractivity contribution in [2.45, 2.75) is 45.1 Å². The predicted octanol–water partition coefficient (Wildman–Crippen LogP) is 5.10. The Morgan fingerprint density at radius 1 is 0.903 bits per heavy atom. The van der Waals surface area contributed by atoms with Crippen molar-refractivity contribution in [1.29, 1.82) is 0 Å². The quantitative estimate of drug-likeness (QED) is 0.407. The molecular weight excluding hydrogens is 386 g/mol. The van der Waals surface area contributed by atoms with Gasteiger partial charge in [-0.05, 0) is 49.6 Å². The molecular formula is C25H23N5O. The van der Waals surface area contributed by atoms with Gasteiger partial charge < -0.3 is 0 Å². The van der Waals surface area contributed by atoms with Crippen molar-refractivity contribution in [3.05, 3.63) is 70.8 Å². The molecule has 0 amide bonds. The van der Waals surface area contributed by atoms with Crippen LogP contribution in [0.4, 0.5) is 0 Å². The van der Waals surface area contributed by atoms with E-state index < -0.39 is 0 Å². The van der Waals surface area contributed by atoms with Gasteiger partial charge in [-0.2, -0.15) is 0 Å². The van der Waals surface area contributed by atoms with Crippen LogP contribution in [-0.4, -0.2) is 24.1 Å². The molecule has 1 fully saturated rings. The first-order valence-electron chi connectivity index (χ1n) is 11.0. The van der Waals surface area contributed by atoms with E-state index in [0.29, 0.717) is 22.2 Å². The van der Waals surface area contributed by atoms with Gasteiger partial charge in [-0.15, -0.1) is 0 Å². The minimum absolute atomic E-state index is 0.0158. The molecule has 0 radical (unpaired) electrons. The summed E-state index contributed by atoms with van der Waals surface area (Å²) in [7, 11) is 0. The third-order valence-corrected chi connectivity index (χ3v) is 6.42. The summed E-state index contributed by atoms with van der Waals surface area (Å²) in [6.45, 7) is 2.06. The zero-order valence-electron chi connectivity index (χ0n) is 17.5. The molecule has 154 valence electrons. The van der Waals surface area contributed by atoms with E-state index in [4.69, 9.17) is 15.0 Å². The molecule has 31 heavy (non-hydrogen) atoms. The molecule has 6 heteroatoms. The molecule has 1 aliphatic carbocycles. The first-order chi connectivity index (χ1) is 15.2. The van der Waals surface area contributed by atoms with E-state index in [-0.39, 0.29) is 11.6 Å². The molecule has 6 nitrogen and oxygen atoms in total. The Morgan fingerprint density at radius 2 is 1.68 bits per heavy atom. The summed E-state index contributed by atoms with van der Waals surface area (Å²) in [5.74, 6) is 0. The minimum Gasteiger partial charge on any atom is -0.295 e. The summed E-state index contributed by atoms with van der Waals surface area (Å²) < 4.78 is 3.81. The number of hydrogen-bond donors (Lipinski definition) is 0. The van der Waals surface area contributed by atoms with Crippen LogP contribution in [0.5, 0.6) is 0 Å². The Hall–Kier alpha value is -3.54. The third kappa shape index (κ3) is 2.86. The van der Waals surface area contributed by atoms with Crippen LogP contribution in [0.15, 0.2) is 59.7 Å². The highest BCUT2D eigenvalue weighted by atomic mass is 16.1. The lowest BCUT2D eigenvalue weighted by atomic mass is 9.95. The van der Waals surface area contributed by atoms with Gasteiger partial charge in [0, 0.05) is 11.7 Å². The van der Waals surface area contributed by atoms with Crippen molar-refractivity contribution in [3.63, 3.8) is 0 Å². The number of para-hydroxylation sites is 2. The third-order valence-electron chi connectivity index (χ3n) is 6.42.